The standard InChI is InChI=1S/C21H28N2O3S/c1-6-23(27(25,26)7-2)20-12-10-18(11-13-20)21(24)22-17(5)19-9-8-15(3)16(4)14-19/h8-14,17H,6-7H2,1-5H3,(H,22,24). The van der Waals surface area contributed by atoms with Crippen LogP contribution in [0.25, 0.3) is 0 Å². The molecule has 1 atom stereocenters. The van der Waals surface area contributed by atoms with Gasteiger partial charge in [0.1, 0.15) is 0 Å². The van der Waals surface area contributed by atoms with E-state index in [2.05, 4.69) is 31.3 Å². The van der Waals surface area contributed by atoms with E-state index < -0.39 is 10.0 Å². The van der Waals surface area contributed by atoms with E-state index in [9.17, 15) is 13.2 Å². The third kappa shape index (κ3) is 4.89. The molecule has 2 aromatic carbocycles. The second-order valence-corrected chi connectivity index (χ2v) is 8.83. The Hall–Kier alpha value is -2.34. The van der Waals surface area contributed by atoms with Gasteiger partial charge >= 0.3 is 0 Å². The molecule has 0 saturated heterocycles. The minimum atomic E-state index is -3.33. The van der Waals surface area contributed by atoms with E-state index in [1.54, 1.807) is 38.1 Å². The average Bonchev–Trinajstić information content (AvgIpc) is 2.64. The van der Waals surface area contributed by atoms with Crippen LogP contribution in [0.3, 0.4) is 0 Å². The fourth-order valence-corrected chi connectivity index (χ4v) is 4.02. The number of carbonyl (C=O) groups is 1. The lowest BCUT2D eigenvalue weighted by molar-refractivity contribution is 0.0940. The van der Waals surface area contributed by atoms with Crippen LogP contribution in [-0.4, -0.2) is 26.6 Å². The number of anilines is 1. The number of benzene rings is 2. The molecule has 27 heavy (non-hydrogen) atoms. The van der Waals surface area contributed by atoms with Crippen molar-refractivity contribution >= 4 is 21.6 Å². The molecule has 0 spiro atoms. The highest BCUT2D eigenvalue weighted by molar-refractivity contribution is 7.92. The zero-order chi connectivity index (χ0) is 20.2. The SMILES string of the molecule is CCN(c1ccc(C(=O)NC(C)c2ccc(C)c(C)c2)cc1)S(=O)(=O)CC. The molecule has 6 heteroatoms. The predicted octanol–water partition coefficient (Wildman–Crippen LogP) is 3.97. The molecule has 5 nitrogen and oxygen atoms in total. The number of hydrogen-bond donors (Lipinski definition) is 1. The molecular formula is C21H28N2O3S. The summed E-state index contributed by atoms with van der Waals surface area (Å²) >= 11 is 0. The van der Waals surface area contributed by atoms with Gasteiger partial charge in [-0.05, 0) is 75.6 Å². The van der Waals surface area contributed by atoms with Crippen LogP contribution in [0, 0.1) is 13.8 Å². The van der Waals surface area contributed by atoms with E-state index in [1.807, 2.05) is 13.0 Å². The maximum atomic E-state index is 12.5. The molecule has 0 fully saturated rings. The van der Waals surface area contributed by atoms with Gasteiger partial charge in [0.05, 0.1) is 17.5 Å². The Bertz CT molecular complexity index is 906. The molecule has 0 radical (unpaired) electrons. The van der Waals surface area contributed by atoms with Gasteiger partial charge in [-0.15, -0.1) is 0 Å². The van der Waals surface area contributed by atoms with Gasteiger partial charge in [0.15, 0.2) is 0 Å². The fraction of sp³-hybridized carbons (Fsp3) is 0.381. The summed E-state index contributed by atoms with van der Waals surface area (Å²) in [4.78, 5) is 12.5. The van der Waals surface area contributed by atoms with Crippen LogP contribution in [-0.2, 0) is 10.0 Å². The van der Waals surface area contributed by atoms with Crippen molar-refractivity contribution in [1.29, 1.82) is 0 Å². The number of amides is 1. The van der Waals surface area contributed by atoms with Crippen LogP contribution in [0.1, 0.15) is 53.9 Å². The number of aryl methyl sites for hydroxylation is 2. The Labute approximate surface area is 162 Å². The van der Waals surface area contributed by atoms with Crippen LogP contribution in [0.15, 0.2) is 42.5 Å². The van der Waals surface area contributed by atoms with Crippen LogP contribution < -0.4 is 9.62 Å². The average molecular weight is 389 g/mol. The van der Waals surface area contributed by atoms with E-state index in [0.29, 0.717) is 17.8 Å². The number of nitrogens with zero attached hydrogens (tertiary/aromatic N) is 1. The summed E-state index contributed by atoms with van der Waals surface area (Å²) in [5.41, 5.74) is 4.52. The Morgan fingerprint density at radius 1 is 1.04 bits per heavy atom. The Kier molecular flexibility index (Phi) is 6.65. The van der Waals surface area contributed by atoms with Crippen molar-refractivity contribution in [3.8, 4) is 0 Å². The molecule has 0 heterocycles. The van der Waals surface area contributed by atoms with Gasteiger partial charge in [0, 0.05) is 12.1 Å². The molecule has 0 aliphatic heterocycles. The van der Waals surface area contributed by atoms with Gasteiger partial charge in [-0.25, -0.2) is 8.42 Å². The number of rotatable bonds is 7. The lowest BCUT2D eigenvalue weighted by atomic mass is 10.0. The van der Waals surface area contributed by atoms with Gasteiger partial charge < -0.3 is 5.32 Å². The first-order valence-corrected chi connectivity index (χ1v) is 10.8. The highest BCUT2D eigenvalue weighted by Gasteiger charge is 2.19. The van der Waals surface area contributed by atoms with Crippen molar-refractivity contribution in [2.75, 3.05) is 16.6 Å². The number of carbonyl (C=O) groups excluding carboxylic acids is 1. The van der Waals surface area contributed by atoms with Crippen molar-refractivity contribution in [3.05, 3.63) is 64.7 Å². The van der Waals surface area contributed by atoms with Crippen LogP contribution >= 0.6 is 0 Å². The fourth-order valence-electron chi connectivity index (χ4n) is 2.87. The summed E-state index contributed by atoms with van der Waals surface area (Å²) in [5, 5.41) is 2.99. The van der Waals surface area contributed by atoms with E-state index in [1.165, 1.54) is 15.4 Å². The van der Waals surface area contributed by atoms with E-state index in [4.69, 9.17) is 0 Å². The second-order valence-electron chi connectivity index (χ2n) is 6.65. The molecule has 0 saturated carbocycles. The molecule has 1 N–H and O–H groups in total. The molecule has 0 aliphatic carbocycles. The first kappa shape index (κ1) is 21.0. The minimum absolute atomic E-state index is 0.0383. The predicted molar refractivity (Wildman–Crippen MR) is 111 cm³/mol. The molecule has 1 unspecified atom stereocenters. The van der Waals surface area contributed by atoms with Crippen LogP contribution in [0.5, 0.6) is 0 Å². The second kappa shape index (κ2) is 8.57. The highest BCUT2D eigenvalue weighted by atomic mass is 32.2. The van der Waals surface area contributed by atoms with Crippen molar-refractivity contribution in [2.24, 2.45) is 0 Å². The third-order valence-corrected chi connectivity index (χ3v) is 6.65. The molecule has 0 bridgehead atoms. The minimum Gasteiger partial charge on any atom is -0.346 e. The van der Waals surface area contributed by atoms with Gasteiger partial charge in [-0.3, -0.25) is 9.10 Å². The quantitative estimate of drug-likeness (QED) is 0.780. The number of sulfonamides is 1. The summed E-state index contributed by atoms with van der Waals surface area (Å²) < 4.78 is 25.7. The molecule has 1 amide bonds. The van der Waals surface area contributed by atoms with Gasteiger partial charge in [0.25, 0.3) is 5.91 Å². The topological polar surface area (TPSA) is 66.5 Å². The van der Waals surface area contributed by atoms with Crippen molar-refractivity contribution in [2.45, 2.75) is 40.7 Å². The summed E-state index contributed by atoms with van der Waals surface area (Å²) in [6.45, 7) is 9.82. The first-order chi connectivity index (χ1) is 12.7. The zero-order valence-electron chi connectivity index (χ0n) is 16.6. The maximum Gasteiger partial charge on any atom is 0.251 e. The Morgan fingerprint density at radius 3 is 2.19 bits per heavy atom. The van der Waals surface area contributed by atoms with Gasteiger partial charge in [-0.1, -0.05) is 18.2 Å². The largest absolute Gasteiger partial charge is 0.346 e. The van der Waals surface area contributed by atoms with E-state index in [0.717, 1.165) is 5.56 Å². The molecule has 0 aliphatic rings. The number of hydrogen-bond acceptors (Lipinski definition) is 3. The van der Waals surface area contributed by atoms with Crippen molar-refractivity contribution in [3.63, 3.8) is 0 Å². The Morgan fingerprint density at radius 2 is 1.67 bits per heavy atom. The van der Waals surface area contributed by atoms with Crippen LogP contribution in [0.2, 0.25) is 0 Å². The molecule has 146 valence electrons. The summed E-state index contributed by atoms with van der Waals surface area (Å²) in [6.07, 6.45) is 0. The third-order valence-electron chi connectivity index (χ3n) is 4.78. The highest BCUT2D eigenvalue weighted by Crippen LogP contribution is 2.20. The van der Waals surface area contributed by atoms with E-state index >= 15 is 0 Å². The summed E-state index contributed by atoms with van der Waals surface area (Å²) in [5.74, 6) is -0.148. The lowest BCUT2D eigenvalue weighted by Crippen LogP contribution is -2.32. The smallest absolute Gasteiger partial charge is 0.251 e. The Balaban J connectivity index is 2.14. The van der Waals surface area contributed by atoms with Crippen LogP contribution in [0.4, 0.5) is 5.69 Å². The zero-order valence-corrected chi connectivity index (χ0v) is 17.4. The molecular weight excluding hydrogens is 360 g/mol. The first-order valence-electron chi connectivity index (χ1n) is 9.18. The normalized spacial score (nSPS) is 12.5. The van der Waals surface area contributed by atoms with Gasteiger partial charge in [-0.2, -0.15) is 0 Å². The molecule has 0 aromatic heterocycles. The monoisotopic (exact) mass is 388 g/mol. The van der Waals surface area contributed by atoms with Gasteiger partial charge in [0.2, 0.25) is 10.0 Å². The van der Waals surface area contributed by atoms with Crippen molar-refractivity contribution < 1.29 is 13.2 Å². The van der Waals surface area contributed by atoms with E-state index in [-0.39, 0.29) is 17.7 Å². The van der Waals surface area contributed by atoms with Crippen molar-refractivity contribution in [1.82, 2.24) is 5.32 Å². The maximum absolute atomic E-state index is 12.5. The lowest BCUT2D eigenvalue weighted by Gasteiger charge is -2.22. The molecule has 2 aromatic rings. The summed E-state index contributed by atoms with van der Waals surface area (Å²) in [6, 6.07) is 12.7. The number of nitrogens with one attached hydrogen (secondary N) is 1. The summed E-state index contributed by atoms with van der Waals surface area (Å²) in [7, 11) is -3.33. The molecule has 2 rings (SSSR count).